The Morgan fingerprint density at radius 3 is 2.95 bits per heavy atom. The molecule has 1 N–H and O–H groups in total. The van der Waals surface area contributed by atoms with Gasteiger partial charge in [0.15, 0.2) is 0 Å². The number of methoxy groups -OCH3 is 1. The molecule has 1 unspecified atom stereocenters. The van der Waals surface area contributed by atoms with Crippen molar-refractivity contribution in [1.82, 2.24) is 5.32 Å². The Kier molecular flexibility index (Phi) is 4.63. The van der Waals surface area contributed by atoms with Crippen LogP contribution in [-0.4, -0.2) is 18.6 Å². The lowest BCUT2D eigenvalue weighted by atomic mass is 9.79. The Balaban J connectivity index is 1.89. The van der Waals surface area contributed by atoms with Gasteiger partial charge in [0.05, 0.1) is 12.1 Å². The highest BCUT2D eigenvalue weighted by molar-refractivity contribution is 7.80. The molecule has 2 aromatic rings. The van der Waals surface area contributed by atoms with E-state index < -0.39 is 0 Å². The lowest BCUT2D eigenvalue weighted by Gasteiger charge is -2.27. The van der Waals surface area contributed by atoms with Gasteiger partial charge in [-0.05, 0) is 54.0 Å². The number of hydrogen-bond acceptors (Lipinski definition) is 2. The molecule has 3 rings (SSSR count). The lowest BCUT2D eigenvalue weighted by molar-refractivity contribution is 0.407. The minimum atomic E-state index is 0.607. The van der Waals surface area contributed by atoms with Gasteiger partial charge >= 0.3 is 0 Å². The van der Waals surface area contributed by atoms with Gasteiger partial charge in [-0.3, -0.25) is 0 Å². The van der Waals surface area contributed by atoms with Gasteiger partial charge in [-0.2, -0.15) is 0 Å². The molecule has 1 atom stereocenters. The fraction of sp³-hybridized carbons (Fsp3) is 0.421. The average molecular weight is 313 g/mol. The Bertz CT molecular complexity index is 695. The van der Waals surface area contributed by atoms with Gasteiger partial charge < -0.3 is 10.1 Å². The van der Waals surface area contributed by atoms with Crippen LogP contribution in [0.5, 0.6) is 5.75 Å². The second kappa shape index (κ2) is 6.66. The number of aryl methyl sites for hydroxylation is 1. The third kappa shape index (κ3) is 2.82. The number of thiocarbonyl (C=S) groups is 1. The van der Waals surface area contributed by atoms with Gasteiger partial charge in [0.2, 0.25) is 0 Å². The maximum absolute atomic E-state index is 5.57. The van der Waals surface area contributed by atoms with Crippen molar-refractivity contribution < 1.29 is 4.74 Å². The average Bonchev–Trinajstić information content (AvgIpc) is 2.57. The summed E-state index contributed by atoms with van der Waals surface area (Å²) in [6, 6.07) is 10.9. The number of ether oxygens (including phenoxy) is 1. The number of benzene rings is 2. The molecule has 0 saturated carbocycles. The predicted molar refractivity (Wildman–Crippen MR) is 97.1 cm³/mol. The second-order valence-electron chi connectivity index (χ2n) is 5.92. The molecule has 0 radical (unpaired) electrons. The maximum Gasteiger partial charge on any atom is 0.122 e. The molecule has 22 heavy (non-hydrogen) atoms. The first-order valence-electron chi connectivity index (χ1n) is 8.09. The van der Waals surface area contributed by atoms with Crippen LogP contribution in [0.2, 0.25) is 0 Å². The van der Waals surface area contributed by atoms with Crippen LogP contribution in [0.4, 0.5) is 0 Å². The van der Waals surface area contributed by atoms with E-state index in [9.17, 15) is 0 Å². The monoisotopic (exact) mass is 313 g/mol. The Labute approximate surface area is 137 Å². The minimum absolute atomic E-state index is 0.607. The van der Waals surface area contributed by atoms with Crippen molar-refractivity contribution in [3.8, 4) is 5.75 Å². The summed E-state index contributed by atoms with van der Waals surface area (Å²) < 4.78 is 5.57. The zero-order chi connectivity index (χ0) is 15.5. The summed E-state index contributed by atoms with van der Waals surface area (Å²) in [5.74, 6) is 1.64. The Morgan fingerprint density at radius 2 is 2.18 bits per heavy atom. The first kappa shape index (κ1) is 15.3. The highest BCUT2D eigenvalue weighted by Gasteiger charge is 2.23. The van der Waals surface area contributed by atoms with Crippen molar-refractivity contribution >= 4 is 28.0 Å². The molecule has 3 heteroatoms. The molecule has 0 amide bonds. The number of rotatable bonds is 5. The Hall–Kier alpha value is -1.61. The fourth-order valence-electron chi connectivity index (χ4n) is 3.53. The van der Waals surface area contributed by atoms with Crippen molar-refractivity contribution in [2.75, 3.05) is 13.7 Å². The van der Waals surface area contributed by atoms with Crippen LogP contribution < -0.4 is 10.1 Å². The molecular weight excluding hydrogens is 290 g/mol. The normalized spacial score (nSPS) is 16.5. The van der Waals surface area contributed by atoms with Crippen molar-refractivity contribution in [2.45, 2.75) is 38.5 Å². The quantitative estimate of drug-likeness (QED) is 0.815. The van der Waals surface area contributed by atoms with Crippen molar-refractivity contribution in [2.24, 2.45) is 0 Å². The van der Waals surface area contributed by atoms with Crippen molar-refractivity contribution in [1.29, 1.82) is 0 Å². The van der Waals surface area contributed by atoms with Gasteiger partial charge in [-0.25, -0.2) is 0 Å². The summed E-state index contributed by atoms with van der Waals surface area (Å²) >= 11 is 5.25. The summed E-state index contributed by atoms with van der Waals surface area (Å²) in [5.41, 5.74) is 2.85. The third-order valence-corrected chi connectivity index (χ3v) is 5.11. The summed E-state index contributed by atoms with van der Waals surface area (Å²) in [4.78, 5) is 0.969. The van der Waals surface area contributed by atoms with E-state index in [1.54, 1.807) is 7.11 Å². The summed E-state index contributed by atoms with van der Waals surface area (Å²) in [7, 11) is 1.77. The topological polar surface area (TPSA) is 21.3 Å². The van der Waals surface area contributed by atoms with Crippen LogP contribution >= 0.6 is 12.2 Å². The molecule has 116 valence electrons. The molecule has 1 aliphatic carbocycles. The predicted octanol–water partition coefficient (Wildman–Crippen LogP) is 4.60. The highest BCUT2D eigenvalue weighted by Crippen LogP contribution is 2.41. The SMILES string of the molecule is CCC(=S)NCCC1CCc2c(OC)ccc3cccc1c23. The fourth-order valence-corrected chi connectivity index (χ4v) is 3.63. The highest BCUT2D eigenvalue weighted by atomic mass is 32.1. The van der Waals surface area contributed by atoms with E-state index in [0.29, 0.717) is 5.92 Å². The van der Waals surface area contributed by atoms with Gasteiger partial charge in [-0.1, -0.05) is 43.4 Å². The van der Waals surface area contributed by atoms with Gasteiger partial charge in [0.25, 0.3) is 0 Å². The standard InChI is InChI=1S/C19H23NOS/c1-3-18(22)20-12-11-13-7-9-16-17(21-2)10-8-14-5-4-6-15(13)19(14)16/h4-6,8,10,13H,3,7,9,11-12H2,1-2H3,(H,20,22). The van der Waals surface area contributed by atoms with Crippen LogP contribution in [0.3, 0.4) is 0 Å². The van der Waals surface area contributed by atoms with Crippen LogP contribution in [0.1, 0.15) is 43.2 Å². The summed E-state index contributed by atoms with van der Waals surface area (Å²) in [5, 5.41) is 6.11. The molecule has 1 aliphatic rings. The van der Waals surface area contributed by atoms with Crippen molar-refractivity contribution in [3.63, 3.8) is 0 Å². The van der Waals surface area contributed by atoms with E-state index in [4.69, 9.17) is 17.0 Å². The third-order valence-electron chi connectivity index (χ3n) is 4.68. The summed E-state index contributed by atoms with van der Waals surface area (Å²) in [6.07, 6.45) is 4.35. The molecule has 0 saturated heterocycles. The van der Waals surface area contributed by atoms with Crippen LogP contribution in [0, 0.1) is 0 Å². The van der Waals surface area contributed by atoms with E-state index in [1.165, 1.54) is 28.3 Å². The molecule has 2 aromatic carbocycles. The first-order valence-corrected chi connectivity index (χ1v) is 8.50. The van der Waals surface area contributed by atoms with Crippen LogP contribution in [0.15, 0.2) is 30.3 Å². The molecule has 0 spiro atoms. The van der Waals surface area contributed by atoms with E-state index in [1.807, 2.05) is 0 Å². The number of nitrogens with one attached hydrogen (secondary N) is 1. The van der Waals surface area contributed by atoms with Gasteiger partial charge in [-0.15, -0.1) is 0 Å². The summed E-state index contributed by atoms with van der Waals surface area (Å²) in [6.45, 7) is 3.06. The zero-order valence-corrected chi connectivity index (χ0v) is 14.1. The minimum Gasteiger partial charge on any atom is -0.496 e. The molecule has 0 aliphatic heterocycles. The molecule has 0 fully saturated rings. The van der Waals surface area contributed by atoms with E-state index in [2.05, 4.69) is 42.6 Å². The first-order chi connectivity index (χ1) is 10.7. The molecular formula is C19H23NOS. The van der Waals surface area contributed by atoms with E-state index in [0.717, 1.165) is 36.5 Å². The molecule has 2 nitrogen and oxygen atoms in total. The second-order valence-corrected chi connectivity index (χ2v) is 6.41. The molecule has 0 heterocycles. The maximum atomic E-state index is 5.57. The van der Waals surface area contributed by atoms with Crippen molar-refractivity contribution in [3.05, 3.63) is 41.5 Å². The van der Waals surface area contributed by atoms with Gasteiger partial charge in [0, 0.05) is 12.1 Å². The Morgan fingerprint density at radius 1 is 1.32 bits per heavy atom. The lowest BCUT2D eigenvalue weighted by Crippen LogP contribution is -2.24. The zero-order valence-electron chi connectivity index (χ0n) is 13.3. The van der Waals surface area contributed by atoms with Crippen LogP contribution in [-0.2, 0) is 6.42 Å². The molecule has 0 bridgehead atoms. The van der Waals surface area contributed by atoms with Crippen LogP contribution in [0.25, 0.3) is 10.8 Å². The molecule has 0 aromatic heterocycles. The number of hydrogen-bond donors (Lipinski definition) is 1. The largest absolute Gasteiger partial charge is 0.496 e. The van der Waals surface area contributed by atoms with Gasteiger partial charge in [0.1, 0.15) is 5.75 Å². The van der Waals surface area contributed by atoms with E-state index >= 15 is 0 Å². The smallest absolute Gasteiger partial charge is 0.122 e. The van der Waals surface area contributed by atoms with E-state index in [-0.39, 0.29) is 0 Å².